The molecule has 2 aliphatic rings. The van der Waals surface area contributed by atoms with Crippen LogP contribution in [0.4, 0.5) is 13.6 Å². The van der Waals surface area contributed by atoms with Crippen molar-refractivity contribution in [2.45, 2.75) is 76.3 Å². The molecule has 1 aliphatic carbocycles. The Labute approximate surface area is 205 Å². The third-order valence-corrected chi connectivity index (χ3v) is 9.55. The van der Waals surface area contributed by atoms with E-state index >= 15 is 0 Å². The number of hydrogen-bond acceptors (Lipinski definition) is 5. The minimum Gasteiger partial charge on any atom is -0.465 e. The predicted octanol–water partition coefficient (Wildman–Crippen LogP) is 5.95. The minimum absolute atomic E-state index is 0.0105. The predicted molar refractivity (Wildman–Crippen MR) is 133 cm³/mol. The molecular formula is C24H34F2N2O4SSi. The summed E-state index contributed by atoms with van der Waals surface area (Å²) in [4.78, 5) is 30.5. The highest BCUT2D eigenvalue weighted by molar-refractivity contribution is 8.15. The number of carboxylic acid groups (broad SMARTS) is 1. The molecule has 1 fully saturated rings. The second-order valence-corrected chi connectivity index (χ2v) is 18.6. The highest BCUT2D eigenvalue weighted by Gasteiger charge is 2.68. The first kappa shape index (κ1) is 26.8. The summed E-state index contributed by atoms with van der Waals surface area (Å²) in [7, 11) is -1.44. The molecule has 1 saturated carbocycles. The number of hydrogen-bond donors (Lipinski definition) is 1. The first-order valence-corrected chi connectivity index (χ1v) is 15.9. The molecule has 1 unspecified atom stereocenters. The molecule has 4 atom stereocenters. The van der Waals surface area contributed by atoms with E-state index < -0.39 is 47.7 Å². The molecule has 3 rings (SSSR count). The average Bonchev–Trinajstić information content (AvgIpc) is 3.43. The van der Waals surface area contributed by atoms with Gasteiger partial charge in [0.2, 0.25) is 0 Å². The lowest BCUT2D eigenvalue weighted by Gasteiger charge is -2.42. The Kier molecular flexibility index (Phi) is 7.11. The van der Waals surface area contributed by atoms with E-state index in [1.165, 1.54) is 12.1 Å². The van der Waals surface area contributed by atoms with Crippen molar-refractivity contribution in [3.8, 4) is 0 Å². The molecule has 6 nitrogen and oxygen atoms in total. The molecule has 1 N–H and O–H groups in total. The van der Waals surface area contributed by atoms with Crippen LogP contribution in [0.25, 0.3) is 0 Å². The summed E-state index contributed by atoms with van der Waals surface area (Å²) in [6, 6.07) is 4.71. The quantitative estimate of drug-likeness (QED) is 0.278. The van der Waals surface area contributed by atoms with E-state index in [0.29, 0.717) is 13.0 Å². The summed E-state index contributed by atoms with van der Waals surface area (Å²) in [5.41, 5.74) is -1.91. The van der Waals surface area contributed by atoms with Gasteiger partial charge < -0.3 is 14.6 Å². The molecule has 1 aliphatic heterocycles. The Morgan fingerprint density at radius 3 is 2.56 bits per heavy atom. The van der Waals surface area contributed by atoms with E-state index in [-0.39, 0.29) is 16.6 Å². The molecule has 0 radical (unpaired) electrons. The number of aldehydes is 1. The summed E-state index contributed by atoms with van der Waals surface area (Å²) in [5.74, 6) is -2.42. The largest absolute Gasteiger partial charge is 0.465 e. The van der Waals surface area contributed by atoms with Crippen LogP contribution >= 0.6 is 11.8 Å². The first-order chi connectivity index (χ1) is 15.6. The summed E-state index contributed by atoms with van der Waals surface area (Å²) < 4.78 is 34.2. The Balaban J connectivity index is 2.09. The van der Waals surface area contributed by atoms with Gasteiger partial charge in [0, 0.05) is 31.6 Å². The molecule has 34 heavy (non-hydrogen) atoms. The van der Waals surface area contributed by atoms with Gasteiger partial charge in [0.25, 0.3) is 0 Å². The molecule has 1 amide bonds. The third-order valence-electron chi connectivity index (χ3n) is 6.45. The monoisotopic (exact) mass is 512 g/mol. The van der Waals surface area contributed by atoms with Crippen LogP contribution in [0.2, 0.25) is 25.7 Å². The SMILES string of the molecule is CC(C)(C)C(OCC[Si](C)(C)C)N(C(=O)O)C1=N[C@](C)(c2cccc(F)c2F)[C@@H]2C[C@]2(C=O)S1. The second-order valence-electron chi connectivity index (χ2n) is 11.6. The van der Waals surface area contributed by atoms with Crippen LogP contribution < -0.4 is 0 Å². The number of amides is 1. The highest BCUT2D eigenvalue weighted by atomic mass is 32.2. The Hall–Kier alpha value is -1.78. The Bertz CT molecular complexity index is 1010. The van der Waals surface area contributed by atoms with Crippen LogP contribution in [-0.4, -0.2) is 53.2 Å². The summed E-state index contributed by atoms with van der Waals surface area (Å²) in [6.45, 7) is 14.3. The van der Waals surface area contributed by atoms with Gasteiger partial charge in [-0.1, -0.05) is 64.3 Å². The van der Waals surface area contributed by atoms with Crippen molar-refractivity contribution in [3.63, 3.8) is 0 Å². The van der Waals surface area contributed by atoms with Crippen molar-refractivity contribution in [3.05, 3.63) is 35.4 Å². The van der Waals surface area contributed by atoms with Crippen LogP contribution in [-0.2, 0) is 15.1 Å². The van der Waals surface area contributed by atoms with Crippen molar-refractivity contribution in [2.24, 2.45) is 16.3 Å². The third kappa shape index (κ3) is 5.09. The fourth-order valence-electron chi connectivity index (χ4n) is 4.39. The van der Waals surface area contributed by atoms with E-state index in [4.69, 9.17) is 9.73 Å². The molecule has 0 aromatic heterocycles. The van der Waals surface area contributed by atoms with E-state index in [2.05, 4.69) is 19.6 Å². The number of benzene rings is 1. The zero-order chi connectivity index (χ0) is 25.7. The minimum atomic E-state index is -1.44. The van der Waals surface area contributed by atoms with Gasteiger partial charge >= 0.3 is 6.09 Å². The first-order valence-electron chi connectivity index (χ1n) is 11.4. The van der Waals surface area contributed by atoms with Gasteiger partial charge in [-0.05, 0) is 25.5 Å². The number of amidine groups is 1. The topological polar surface area (TPSA) is 79.2 Å². The van der Waals surface area contributed by atoms with Gasteiger partial charge in [-0.2, -0.15) is 0 Å². The highest BCUT2D eigenvalue weighted by Crippen LogP contribution is 2.65. The van der Waals surface area contributed by atoms with Crippen molar-refractivity contribution in [1.82, 2.24) is 4.90 Å². The average molecular weight is 513 g/mol. The van der Waals surface area contributed by atoms with Gasteiger partial charge in [0.1, 0.15) is 12.5 Å². The number of nitrogens with zero attached hydrogens (tertiary/aromatic N) is 2. The van der Waals surface area contributed by atoms with E-state index in [1.54, 1.807) is 6.92 Å². The zero-order valence-corrected chi connectivity index (χ0v) is 22.6. The van der Waals surface area contributed by atoms with Crippen molar-refractivity contribution in [2.75, 3.05) is 6.61 Å². The molecule has 1 heterocycles. The number of fused-ring (bicyclic) bond motifs is 1. The smallest absolute Gasteiger partial charge is 0.415 e. The number of thioether (sulfide) groups is 1. The van der Waals surface area contributed by atoms with Crippen LogP contribution in [0.5, 0.6) is 0 Å². The Morgan fingerprint density at radius 2 is 2.03 bits per heavy atom. The number of aliphatic imine (C=N–C) groups is 1. The maximum absolute atomic E-state index is 14.9. The maximum atomic E-state index is 14.9. The van der Waals surface area contributed by atoms with E-state index in [1.807, 2.05) is 20.8 Å². The zero-order valence-electron chi connectivity index (χ0n) is 20.8. The summed E-state index contributed by atoms with van der Waals surface area (Å²) in [6.07, 6.45) is -0.982. The van der Waals surface area contributed by atoms with Crippen LogP contribution in [0.3, 0.4) is 0 Å². The molecule has 1 aromatic rings. The molecule has 0 bridgehead atoms. The van der Waals surface area contributed by atoms with Gasteiger partial charge in [0.15, 0.2) is 16.8 Å². The number of halogens is 2. The Morgan fingerprint density at radius 1 is 1.38 bits per heavy atom. The second kappa shape index (κ2) is 9.02. The van der Waals surface area contributed by atoms with Gasteiger partial charge in [-0.25, -0.2) is 18.5 Å². The van der Waals surface area contributed by atoms with Crippen LogP contribution in [0.1, 0.15) is 39.7 Å². The number of ether oxygens (including phenoxy) is 1. The van der Waals surface area contributed by atoms with E-state index in [0.717, 1.165) is 35.1 Å². The van der Waals surface area contributed by atoms with E-state index in [9.17, 15) is 23.5 Å². The normalized spacial score (nSPS) is 27.4. The standard InChI is InChI=1S/C24H34F2N2O4SSi/c1-22(2,3)19(32-11-12-34(5,6)7)28(21(30)31)20-27-23(4,17-13-24(17,14-29)33-20)15-9-8-10-16(25)18(15)26/h8-10,14,17,19H,11-13H2,1-7H3,(H,30,31)/t17-,19?,23+,24+/m0/s1. The molecule has 0 spiro atoms. The lowest BCUT2D eigenvalue weighted by atomic mass is 9.85. The van der Waals surface area contributed by atoms with Crippen LogP contribution in [0.15, 0.2) is 23.2 Å². The fraction of sp³-hybridized carbons (Fsp3) is 0.625. The number of carbonyl (C=O) groups excluding carboxylic acids is 1. The van der Waals surface area contributed by atoms with Crippen LogP contribution in [0, 0.1) is 23.0 Å². The van der Waals surface area contributed by atoms with Crippen molar-refractivity contribution < 1.29 is 28.2 Å². The van der Waals surface area contributed by atoms with Gasteiger partial charge in [-0.3, -0.25) is 4.99 Å². The summed E-state index contributed by atoms with van der Waals surface area (Å²) >= 11 is 1.07. The number of rotatable bonds is 7. The van der Waals surface area contributed by atoms with Gasteiger partial charge in [0.05, 0.1) is 10.3 Å². The molecule has 188 valence electrons. The fourth-order valence-corrected chi connectivity index (χ4v) is 6.64. The lowest BCUT2D eigenvalue weighted by Crippen LogP contribution is -2.53. The summed E-state index contributed by atoms with van der Waals surface area (Å²) in [5, 5.41) is 10.3. The molecular weight excluding hydrogens is 478 g/mol. The number of carbonyl (C=O) groups is 2. The maximum Gasteiger partial charge on any atom is 0.415 e. The van der Waals surface area contributed by atoms with Crippen molar-refractivity contribution >= 4 is 37.4 Å². The molecule has 10 heteroatoms. The van der Waals surface area contributed by atoms with Gasteiger partial charge in [-0.15, -0.1) is 0 Å². The molecule has 0 saturated heterocycles. The lowest BCUT2D eigenvalue weighted by molar-refractivity contribution is -0.108. The molecule has 1 aromatic carbocycles. The van der Waals surface area contributed by atoms with Crippen molar-refractivity contribution in [1.29, 1.82) is 0 Å².